The number of nitrogens with zero attached hydrogens (tertiary/aromatic N) is 3. The Morgan fingerprint density at radius 2 is 2.14 bits per heavy atom. The van der Waals surface area contributed by atoms with Gasteiger partial charge in [0.1, 0.15) is 22.4 Å². The van der Waals surface area contributed by atoms with E-state index in [2.05, 4.69) is 19.9 Å². The minimum Gasteiger partial charge on any atom is -0.383 e. The molecular formula is C5H7N8O+. The highest BCUT2D eigenvalue weighted by Crippen LogP contribution is 2.07. The van der Waals surface area contributed by atoms with Gasteiger partial charge in [-0.15, -0.1) is 0 Å². The SMILES string of the molecule is N=[N+]=N.Nc1[nH]c(=O)nc2nc[nH]c12. The molecule has 0 fully saturated rings. The van der Waals surface area contributed by atoms with E-state index in [1.807, 2.05) is 4.91 Å². The summed E-state index contributed by atoms with van der Waals surface area (Å²) in [5, 5.41) is 0. The van der Waals surface area contributed by atoms with Crippen LogP contribution in [0.2, 0.25) is 0 Å². The number of aromatic amines is 2. The van der Waals surface area contributed by atoms with Gasteiger partial charge in [0.25, 0.3) is 0 Å². The van der Waals surface area contributed by atoms with Gasteiger partial charge in [0, 0.05) is 0 Å². The molecule has 0 spiro atoms. The van der Waals surface area contributed by atoms with E-state index in [1.54, 1.807) is 0 Å². The number of imidazole rings is 1. The van der Waals surface area contributed by atoms with E-state index in [-0.39, 0.29) is 5.82 Å². The zero-order valence-corrected chi connectivity index (χ0v) is 6.90. The number of H-pyrrole nitrogens is 2. The molecule has 72 valence electrons. The van der Waals surface area contributed by atoms with Crippen LogP contribution >= 0.6 is 0 Å². The van der Waals surface area contributed by atoms with E-state index in [4.69, 9.17) is 16.8 Å². The Morgan fingerprint density at radius 3 is 2.79 bits per heavy atom. The van der Waals surface area contributed by atoms with Crippen molar-refractivity contribution in [3.05, 3.63) is 16.8 Å². The van der Waals surface area contributed by atoms with Crippen molar-refractivity contribution in [2.75, 3.05) is 5.73 Å². The molecule has 2 heterocycles. The summed E-state index contributed by atoms with van der Waals surface area (Å²) >= 11 is 0. The van der Waals surface area contributed by atoms with Crippen LogP contribution in [0.25, 0.3) is 11.2 Å². The Labute approximate surface area is 76.4 Å². The van der Waals surface area contributed by atoms with E-state index < -0.39 is 5.69 Å². The minimum absolute atomic E-state index is 0.262. The fourth-order valence-electron chi connectivity index (χ4n) is 0.872. The van der Waals surface area contributed by atoms with Gasteiger partial charge < -0.3 is 10.7 Å². The molecule has 0 aromatic carbocycles. The third-order valence-corrected chi connectivity index (χ3v) is 1.34. The molecule has 0 saturated heterocycles. The highest BCUT2D eigenvalue weighted by molar-refractivity contribution is 5.80. The molecule has 2 aromatic heterocycles. The first kappa shape index (κ1) is 9.55. The molecule has 6 N–H and O–H groups in total. The fraction of sp³-hybridized carbons (Fsp3) is 0. The summed E-state index contributed by atoms with van der Waals surface area (Å²) in [6.07, 6.45) is 1.43. The maximum atomic E-state index is 10.7. The standard InChI is InChI=1S/C5H5N5O.H2N3/c6-3-2-4(8-1-7-2)10-5(11)9-3;1-3-2/h1H,(H4,6,7,8,9,10,11);1-2H/q;+1. The molecule has 0 aliphatic heterocycles. The molecule has 0 saturated carbocycles. The predicted molar refractivity (Wildman–Crippen MR) is 46.5 cm³/mol. The lowest BCUT2D eigenvalue weighted by Crippen LogP contribution is -2.12. The van der Waals surface area contributed by atoms with Crippen LogP contribution in [0.1, 0.15) is 0 Å². The van der Waals surface area contributed by atoms with E-state index >= 15 is 0 Å². The van der Waals surface area contributed by atoms with E-state index in [9.17, 15) is 4.79 Å². The Bertz CT molecular complexity index is 518. The maximum Gasteiger partial charge on any atom is 0.348 e. The summed E-state index contributed by atoms with van der Waals surface area (Å²) in [6.45, 7) is 0. The molecule has 0 radical (unpaired) electrons. The van der Waals surface area contributed by atoms with Gasteiger partial charge in [-0.05, 0) is 0 Å². The summed E-state index contributed by atoms with van der Waals surface area (Å²) < 4.78 is 0. The number of fused-ring (bicyclic) bond motifs is 1. The highest BCUT2D eigenvalue weighted by Gasteiger charge is 2.01. The highest BCUT2D eigenvalue weighted by atomic mass is 16.1. The van der Waals surface area contributed by atoms with Gasteiger partial charge in [0.05, 0.1) is 6.33 Å². The van der Waals surface area contributed by atoms with Gasteiger partial charge in [0.15, 0.2) is 5.65 Å². The first-order chi connectivity index (χ1) is 6.69. The second kappa shape index (κ2) is 3.92. The zero-order chi connectivity index (χ0) is 10.6. The van der Waals surface area contributed by atoms with E-state index in [1.165, 1.54) is 6.33 Å². The van der Waals surface area contributed by atoms with Gasteiger partial charge in [0.2, 0.25) is 4.91 Å². The van der Waals surface area contributed by atoms with E-state index in [0.717, 1.165) is 0 Å². The van der Waals surface area contributed by atoms with Crippen LogP contribution in [0.5, 0.6) is 0 Å². The number of rotatable bonds is 0. The van der Waals surface area contributed by atoms with Crippen molar-refractivity contribution in [3.8, 4) is 0 Å². The Balaban J connectivity index is 0.000000293. The molecular weight excluding hydrogens is 188 g/mol. The Morgan fingerprint density at radius 1 is 1.50 bits per heavy atom. The largest absolute Gasteiger partial charge is 0.383 e. The molecule has 9 heteroatoms. The number of anilines is 1. The van der Waals surface area contributed by atoms with Crippen molar-refractivity contribution < 1.29 is 0 Å². The second-order valence-electron chi connectivity index (χ2n) is 2.17. The molecule has 14 heavy (non-hydrogen) atoms. The molecule has 2 aromatic rings. The first-order valence-corrected chi connectivity index (χ1v) is 3.41. The quantitative estimate of drug-likeness (QED) is 0.278. The Kier molecular flexibility index (Phi) is 2.67. The van der Waals surface area contributed by atoms with Crippen LogP contribution in [0.4, 0.5) is 5.82 Å². The molecule has 0 aliphatic carbocycles. The van der Waals surface area contributed by atoms with Crippen molar-refractivity contribution >= 4 is 17.0 Å². The van der Waals surface area contributed by atoms with Gasteiger partial charge in [-0.2, -0.15) is 4.98 Å². The van der Waals surface area contributed by atoms with Crippen molar-refractivity contribution in [2.24, 2.45) is 0 Å². The number of nitrogens with one attached hydrogen (secondary N) is 4. The average Bonchev–Trinajstić information content (AvgIpc) is 2.53. The monoisotopic (exact) mass is 195 g/mol. The summed E-state index contributed by atoms with van der Waals surface area (Å²) in [5.74, 6) is 0.262. The minimum atomic E-state index is -0.484. The number of aromatic nitrogens is 4. The smallest absolute Gasteiger partial charge is 0.348 e. The third kappa shape index (κ3) is 1.79. The molecule has 0 unspecified atom stereocenters. The number of hydrogen-bond acceptors (Lipinski definition) is 6. The van der Waals surface area contributed by atoms with E-state index in [0.29, 0.717) is 11.2 Å². The lowest BCUT2D eigenvalue weighted by atomic mass is 10.5. The maximum absolute atomic E-state index is 10.7. The summed E-state index contributed by atoms with van der Waals surface area (Å²) in [7, 11) is 0. The molecule has 0 bridgehead atoms. The number of nitrogen functional groups attached to an aromatic ring is 1. The average molecular weight is 195 g/mol. The van der Waals surface area contributed by atoms with Gasteiger partial charge in [-0.1, -0.05) is 0 Å². The molecule has 0 aliphatic rings. The molecule has 0 atom stereocenters. The Hall–Kier alpha value is -2.54. The number of nitrogens with two attached hydrogens (primary N) is 1. The lowest BCUT2D eigenvalue weighted by Gasteiger charge is -1.90. The van der Waals surface area contributed by atoms with Crippen LogP contribution < -0.4 is 16.3 Å². The van der Waals surface area contributed by atoms with Gasteiger partial charge >= 0.3 is 5.69 Å². The fourth-order valence-corrected chi connectivity index (χ4v) is 0.872. The van der Waals surface area contributed by atoms with Crippen LogP contribution in [0.3, 0.4) is 0 Å². The normalized spacial score (nSPS) is 8.86. The van der Waals surface area contributed by atoms with Crippen LogP contribution in [0, 0.1) is 11.1 Å². The van der Waals surface area contributed by atoms with Crippen molar-refractivity contribution in [1.29, 1.82) is 11.1 Å². The molecule has 9 nitrogen and oxygen atoms in total. The first-order valence-electron chi connectivity index (χ1n) is 3.41. The van der Waals surface area contributed by atoms with Crippen LogP contribution in [-0.4, -0.2) is 19.9 Å². The zero-order valence-electron chi connectivity index (χ0n) is 6.90. The second-order valence-corrected chi connectivity index (χ2v) is 2.17. The van der Waals surface area contributed by atoms with Crippen LogP contribution in [0.15, 0.2) is 11.1 Å². The van der Waals surface area contributed by atoms with Gasteiger partial charge in [-0.3, -0.25) is 4.98 Å². The number of hydrogen-bond donors (Lipinski definition) is 5. The van der Waals surface area contributed by atoms with Crippen molar-refractivity contribution in [3.63, 3.8) is 0 Å². The van der Waals surface area contributed by atoms with Gasteiger partial charge in [-0.25, -0.2) is 9.78 Å². The summed E-state index contributed by atoms with van der Waals surface area (Å²) in [4.78, 5) is 25.1. The van der Waals surface area contributed by atoms with Crippen molar-refractivity contribution in [1.82, 2.24) is 24.8 Å². The summed E-state index contributed by atoms with van der Waals surface area (Å²) in [6, 6.07) is 0. The third-order valence-electron chi connectivity index (χ3n) is 1.34. The molecule has 2 rings (SSSR count). The van der Waals surface area contributed by atoms with Crippen LogP contribution in [-0.2, 0) is 0 Å². The topological polar surface area (TPSA) is 162 Å². The van der Waals surface area contributed by atoms with Crippen molar-refractivity contribution in [2.45, 2.75) is 0 Å². The molecule has 0 amide bonds. The predicted octanol–water partition coefficient (Wildman–Crippen LogP) is -0.656. The lowest BCUT2D eigenvalue weighted by molar-refractivity contribution is 0.928. The summed E-state index contributed by atoms with van der Waals surface area (Å²) in [5.41, 5.74) is 16.8.